The number of rotatable bonds is 7. The molecule has 2 aromatic carbocycles. The zero-order valence-electron chi connectivity index (χ0n) is 15.0. The quantitative estimate of drug-likeness (QED) is 0.648. The van der Waals surface area contributed by atoms with Gasteiger partial charge in [0.1, 0.15) is 6.54 Å². The zero-order chi connectivity index (χ0) is 19.3. The zero-order valence-corrected chi connectivity index (χ0v) is 16.5. The molecule has 3 N–H and O–H groups in total. The molecule has 0 aliphatic carbocycles. The molecule has 0 atom stereocenters. The van der Waals surface area contributed by atoms with Crippen LogP contribution in [0.15, 0.2) is 47.4 Å². The Morgan fingerprint density at radius 2 is 1.77 bits per heavy atom. The Hall–Kier alpha value is -1.93. The summed E-state index contributed by atoms with van der Waals surface area (Å²) in [6.07, 6.45) is 0. The summed E-state index contributed by atoms with van der Waals surface area (Å²) in [5, 5.41) is 3.02. The minimum absolute atomic E-state index is 0.00819. The molecule has 0 aliphatic rings. The lowest BCUT2D eigenvalue weighted by Crippen LogP contribution is -3.04. The normalized spacial score (nSPS) is 11.6. The maximum absolute atomic E-state index is 12.5. The highest BCUT2D eigenvalue weighted by molar-refractivity contribution is 7.89. The van der Waals surface area contributed by atoms with Gasteiger partial charge in [-0.15, -0.1) is 0 Å². The van der Waals surface area contributed by atoms with E-state index in [9.17, 15) is 13.2 Å². The van der Waals surface area contributed by atoms with E-state index in [-0.39, 0.29) is 15.5 Å². The monoisotopic (exact) mass is 396 g/mol. The molecule has 0 saturated heterocycles. The van der Waals surface area contributed by atoms with Crippen LogP contribution in [0.2, 0.25) is 5.02 Å². The molecule has 8 heteroatoms. The second-order valence-electron chi connectivity index (χ2n) is 6.18. The summed E-state index contributed by atoms with van der Waals surface area (Å²) < 4.78 is 26.1. The summed E-state index contributed by atoms with van der Waals surface area (Å²) in [6.45, 7) is 1.17. The van der Waals surface area contributed by atoms with Gasteiger partial charge in [0.2, 0.25) is 10.0 Å². The maximum atomic E-state index is 12.5. The van der Waals surface area contributed by atoms with Crippen molar-refractivity contribution in [3.05, 3.63) is 64.2 Å². The van der Waals surface area contributed by atoms with Crippen molar-refractivity contribution in [1.29, 1.82) is 0 Å². The van der Waals surface area contributed by atoms with Crippen LogP contribution in [-0.4, -0.2) is 35.5 Å². The predicted octanol–water partition coefficient (Wildman–Crippen LogP) is 0.823. The third-order valence-corrected chi connectivity index (χ3v) is 5.60. The molecule has 0 heterocycles. The minimum Gasteiger partial charge on any atom is -0.348 e. The van der Waals surface area contributed by atoms with Gasteiger partial charge in [0.25, 0.3) is 5.91 Å². The standard InChI is InChI=1S/C18H22ClN3O3S/c1-20-26(24,25)15-8-9-17(19)16(10-15)18(23)21-11-13-6-4-5-7-14(13)12-22(2)3/h4-10,20H,11-12H2,1-3H3,(H,21,23)/p+1. The topological polar surface area (TPSA) is 79.7 Å². The van der Waals surface area contributed by atoms with Crippen molar-refractivity contribution >= 4 is 27.5 Å². The maximum Gasteiger partial charge on any atom is 0.253 e. The van der Waals surface area contributed by atoms with Gasteiger partial charge in [-0.25, -0.2) is 13.1 Å². The Bertz CT molecular complexity index is 898. The fourth-order valence-corrected chi connectivity index (χ4v) is 3.48. The van der Waals surface area contributed by atoms with Crippen molar-refractivity contribution < 1.29 is 18.1 Å². The first-order valence-electron chi connectivity index (χ1n) is 8.11. The second kappa shape index (κ2) is 8.64. The predicted molar refractivity (Wildman–Crippen MR) is 102 cm³/mol. The number of halogens is 1. The van der Waals surface area contributed by atoms with Crippen molar-refractivity contribution in [3.63, 3.8) is 0 Å². The molecule has 6 nitrogen and oxygen atoms in total. The number of amides is 1. The molecule has 0 bridgehead atoms. The molecule has 0 saturated carbocycles. The minimum atomic E-state index is -3.65. The van der Waals surface area contributed by atoms with Gasteiger partial charge in [-0.3, -0.25) is 4.79 Å². The van der Waals surface area contributed by atoms with E-state index in [0.29, 0.717) is 6.54 Å². The van der Waals surface area contributed by atoms with Crippen LogP contribution in [0.5, 0.6) is 0 Å². The average molecular weight is 397 g/mol. The van der Waals surface area contributed by atoms with Crippen LogP contribution in [-0.2, 0) is 23.1 Å². The fourth-order valence-electron chi connectivity index (χ4n) is 2.52. The number of benzene rings is 2. The van der Waals surface area contributed by atoms with Crippen molar-refractivity contribution in [3.8, 4) is 0 Å². The van der Waals surface area contributed by atoms with E-state index < -0.39 is 15.9 Å². The molecule has 0 radical (unpaired) electrons. The van der Waals surface area contributed by atoms with Crippen LogP contribution in [0.3, 0.4) is 0 Å². The van der Waals surface area contributed by atoms with E-state index >= 15 is 0 Å². The van der Waals surface area contributed by atoms with Gasteiger partial charge < -0.3 is 10.2 Å². The molecule has 2 aromatic rings. The average Bonchev–Trinajstić information content (AvgIpc) is 2.60. The lowest BCUT2D eigenvalue weighted by molar-refractivity contribution is -0.872. The van der Waals surface area contributed by atoms with Crippen molar-refractivity contribution in [1.82, 2.24) is 10.0 Å². The SMILES string of the molecule is CNS(=O)(=O)c1ccc(Cl)c(C(=O)NCc2ccccc2C[NH+](C)C)c1. The van der Waals surface area contributed by atoms with Crippen LogP contribution in [0.4, 0.5) is 0 Å². The Balaban J connectivity index is 2.20. The Morgan fingerprint density at radius 3 is 2.38 bits per heavy atom. The van der Waals surface area contributed by atoms with Crippen LogP contribution >= 0.6 is 11.6 Å². The molecular formula is C18H23ClN3O3S+. The van der Waals surface area contributed by atoms with Crippen LogP contribution < -0.4 is 14.9 Å². The largest absolute Gasteiger partial charge is 0.348 e. The summed E-state index contributed by atoms with van der Waals surface area (Å²) in [5.41, 5.74) is 2.28. The number of carbonyl (C=O) groups excluding carboxylic acids is 1. The molecule has 0 aliphatic heterocycles. The Morgan fingerprint density at radius 1 is 1.12 bits per heavy atom. The molecule has 0 unspecified atom stereocenters. The first kappa shape index (κ1) is 20.4. The molecular weight excluding hydrogens is 374 g/mol. The molecule has 0 aromatic heterocycles. The highest BCUT2D eigenvalue weighted by Crippen LogP contribution is 2.20. The number of sulfonamides is 1. The highest BCUT2D eigenvalue weighted by atomic mass is 35.5. The summed E-state index contributed by atoms with van der Waals surface area (Å²) in [5.74, 6) is -0.421. The van der Waals surface area contributed by atoms with Gasteiger partial charge in [-0.1, -0.05) is 35.9 Å². The Kier molecular flexibility index (Phi) is 6.77. The van der Waals surface area contributed by atoms with Gasteiger partial charge in [-0.05, 0) is 30.8 Å². The summed E-state index contributed by atoms with van der Waals surface area (Å²) in [4.78, 5) is 13.8. The van der Waals surface area contributed by atoms with Gasteiger partial charge in [0, 0.05) is 12.1 Å². The molecule has 0 spiro atoms. The van der Waals surface area contributed by atoms with Gasteiger partial charge in [0.05, 0.1) is 29.6 Å². The third kappa shape index (κ3) is 5.04. The molecule has 1 amide bonds. The van der Waals surface area contributed by atoms with E-state index in [1.807, 2.05) is 24.3 Å². The molecule has 140 valence electrons. The van der Waals surface area contributed by atoms with E-state index in [4.69, 9.17) is 11.6 Å². The smallest absolute Gasteiger partial charge is 0.253 e. The molecule has 0 fully saturated rings. The van der Waals surface area contributed by atoms with E-state index in [1.165, 1.54) is 30.1 Å². The number of hydrogen-bond acceptors (Lipinski definition) is 3. The summed E-state index contributed by atoms with van der Waals surface area (Å²) in [7, 11) is 1.78. The second-order valence-corrected chi connectivity index (χ2v) is 8.48. The number of hydrogen-bond donors (Lipinski definition) is 3. The molecule has 2 rings (SSSR count). The van der Waals surface area contributed by atoms with Gasteiger partial charge in [-0.2, -0.15) is 0 Å². The van der Waals surface area contributed by atoms with Crippen LogP contribution in [0.25, 0.3) is 0 Å². The van der Waals surface area contributed by atoms with E-state index in [1.54, 1.807) is 0 Å². The van der Waals surface area contributed by atoms with Gasteiger partial charge >= 0.3 is 0 Å². The summed E-state index contributed by atoms with van der Waals surface area (Å²) >= 11 is 6.09. The first-order valence-corrected chi connectivity index (χ1v) is 9.98. The van der Waals surface area contributed by atoms with Crippen LogP contribution in [0.1, 0.15) is 21.5 Å². The van der Waals surface area contributed by atoms with Crippen LogP contribution in [0, 0.1) is 0 Å². The Labute approximate surface area is 159 Å². The number of quaternary nitrogens is 1. The lowest BCUT2D eigenvalue weighted by Gasteiger charge is -2.13. The first-order chi connectivity index (χ1) is 12.2. The lowest BCUT2D eigenvalue weighted by atomic mass is 10.1. The van der Waals surface area contributed by atoms with Crippen molar-refractivity contribution in [2.75, 3.05) is 21.1 Å². The molecule has 26 heavy (non-hydrogen) atoms. The highest BCUT2D eigenvalue weighted by Gasteiger charge is 2.17. The van der Waals surface area contributed by atoms with Gasteiger partial charge in [0.15, 0.2) is 0 Å². The van der Waals surface area contributed by atoms with E-state index in [2.05, 4.69) is 24.1 Å². The van der Waals surface area contributed by atoms with E-state index in [0.717, 1.165) is 17.7 Å². The van der Waals surface area contributed by atoms with Crippen molar-refractivity contribution in [2.24, 2.45) is 0 Å². The number of carbonyl (C=O) groups is 1. The number of nitrogens with one attached hydrogen (secondary N) is 3. The van der Waals surface area contributed by atoms with Crippen molar-refractivity contribution in [2.45, 2.75) is 18.0 Å². The fraction of sp³-hybridized carbons (Fsp3) is 0.278. The third-order valence-electron chi connectivity index (χ3n) is 3.86. The summed E-state index contributed by atoms with van der Waals surface area (Å²) in [6, 6.07) is 11.9.